The predicted octanol–water partition coefficient (Wildman–Crippen LogP) is 7.50. The lowest BCUT2D eigenvalue weighted by atomic mass is 9.92. The van der Waals surface area contributed by atoms with Crippen LogP contribution >= 0.6 is 0 Å². The zero-order valence-electron chi connectivity index (χ0n) is 14.7. The monoisotopic (exact) mass is 362 g/mol. The molecule has 0 heterocycles. The second-order valence-corrected chi connectivity index (χ2v) is 6.69. The highest BCUT2D eigenvalue weighted by Gasteiger charge is 2.30. The summed E-state index contributed by atoms with van der Waals surface area (Å²) in [4.78, 5) is 0. The summed E-state index contributed by atoms with van der Waals surface area (Å²) in [7, 11) is 0. The number of hydrogen-bond donors (Lipinski definition) is 0. The molecule has 0 radical (unpaired) electrons. The van der Waals surface area contributed by atoms with Gasteiger partial charge in [0.1, 0.15) is 0 Å². The van der Waals surface area contributed by atoms with Crippen molar-refractivity contribution in [1.29, 1.82) is 0 Å². The van der Waals surface area contributed by atoms with Gasteiger partial charge in [0.05, 0.1) is 5.56 Å². The molecule has 0 unspecified atom stereocenters. The Morgan fingerprint density at radius 3 is 1.93 bits per heavy atom. The molecule has 0 atom stereocenters. The van der Waals surface area contributed by atoms with Crippen molar-refractivity contribution in [2.75, 3.05) is 0 Å². The fourth-order valence-corrected chi connectivity index (χ4v) is 3.30. The molecule has 0 fully saturated rings. The van der Waals surface area contributed by atoms with Crippen LogP contribution in [-0.4, -0.2) is 0 Å². The molecular formula is C24H17F3. The number of aryl methyl sites for hydroxylation is 1. The van der Waals surface area contributed by atoms with Gasteiger partial charge in [0.25, 0.3) is 0 Å². The standard InChI is InChI=1S/C24H17F3/c1-16-6-8-17(9-7-16)20-14-19-4-2-3-5-22(19)23(15-20)18-10-12-21(13-11-18)24(25,26)27/h2-15H,1H3. The van der Waals surface area contributed by atoms with Crippen molar-refractivity contribution >= 4 is 10.8 Å². The van der Waals surface area contributed by atoms with Gasteiger partial charge in [-0.15, -0.1) is 0 Å². The van der Waals surface area contributed by atoms with E-state index in [0.29, 0.717) is 0 Å². The van der Waals surface area contributed by atoms with Crippen LogP contribution in [0, 0.1) is 6.92 Å². The van der Waals surface area contributed by atoms with Gasteiger partial charge < -0.3 is 0 Å². The zero-order valence-corrected chi connectivity index (χ0v) is 14.7. The van der Waals surface area contributed by atoms with Crippen LogP contribution in [0.4, 0.5) is 13.2 Å². The molecule has 0 spiro atoms. The minimum atomic E-state index is -4.33. The smallest absolute Gasteiger partial charge is 0.166 e. The third-order valence-corrected chi connectivity index (χ3v) is 4.77. The fraction of sp³-hybridized carbons (Fsp3) is 0.0833. The summed E-state index contributed by atoms with van der Waals surface area (Å²) >= 11 is 0. The third kappa shape index (κ3) is 3.45. The zero-order chi connectivity index (χ0) is 19.0. The topological polar surface area (TPSA) is 0 Å². The Hall–Kier alpha value is -3.07. The summed E-state index contributed by atoms with van der Waals surface area (Å²) in [5, 5.41) is 2.08. The van der Waals surface area contributed by atoms with Crippen LogP contribution in [0.1, 0.15) is 11.1 Å². The Morgan fingerprint density at radius 2 is 1.26 bits per heavy atom. The van der Waals surface area contributed by atoms with Gasteiger partial charge in [0.2, 0.25) is 0 Å². The number of benzene rings is 4. The van der Waals surface area contributed by atoms with E-state index >= 15 is 0 Å². The van der Waals surface area contributed by atoms with Crippen LogP contribution in [0.3, 0.4) is 0 Å². The molecule has 0 saturated carbocycles. The van der Waals surface area contributed by atoms with Crippen LogP contribution in [0.2, 0.25) is 0 Å². The highest BCUT2D eigenvalue weighted by atomic mass is 19.4. The molecule has 0 saturated heterocycles. The third-order valence-electron chi connectivity index (χ3n) is 4.77. The summed E-state index contributed by atoms with van der Waals surface area (Å²) in [6, 6.07) is 25.7. The largest absolute Gasteiger partial charge is 0.416 e. The van der Waals surface area contributed by atoms with Crippen LogP contribution < -0.4 is 0 Å². The van der Waals surface area contributed by atoms with E-state index in [0.717, 1.165) is 45.2 Å². The first kappa shape index (κ1) is 17.3. The van der Waals surface area contributed by atoms with Crippen molar-refractivity contribution in [2.24, 2.45) is 0 Å². The van der Waals surface area contributed by atoms with Crippen molar-refractivity contribution in [3.63, 3.8) is 0 Å². The maximum atomic E-state index is 12.9. The Bertz CT molecular complexity index is 1090. The molecule has 0 bridgehead atoms. The molecule has 0 aliphatic heterocycles. The average Bonchev–Trinajstić information content (AvgIpc) is 2.67. The van der Waals surface area contributed by atoms with Crippen LogP contribution in [-0.2, 0) is 6.18 Å². The van der Waals surface area contributed by atoms with E-state index in [4.69, 9.17) is 0 Å². The summed E-state index contributed by atoms with van der Waals surface area (Å²) in [6.45, 7) is 2.04. The van der Waals surface area contributed by atoms with Gasteiger partial charge >= 0.3 is 6.18 Å². The second kappa shape index (κ2) is 6.58. The van der Waals surface area contributed by atoms with Gasteiger partial charge in [-0.2, -0.15) is 13.2 Å². The summed E-state index contributed by atoms with van der Waals surface area (Å²) in [5.41, 5.74) is 4.38. The SMILES string of the molecule is Cc1ccc(-c2cc(-c3ccc(C(F)(F)F)cc3)c3ccccc3c2)cc1. The molecule has 4 rings (SSSR count). The van der Waals surface area contributed by atoms with E-state index in [1.807, 2.05) is 31.2 Å². The predicted molar refractivity (Wildman–Crippen MR) is 105 cm³/mol. The first-order valence-electron chi connectivity index (χ1n) is 8.69. The van der Waals surface area contributed by atoms with Gasteiger partial charge in [-0.05, 0) is 64.2 Å². The van der Waals surface area contributed by atoms with Crippen LogP contribution in [0.5, 0.6) is 0 Å². The van der Waals surface area contributed by atoms with Crippen molar-refractivity contribution in [3.8, 4) is 22.3 Å². The molecule has 27 heavy (non-hydrogen) atoms. The maximum absolute atomic E-state index is 12.9. The number of rotatable bonds is 2. The maximum Gasteiger partial charge on any atom is 0.416 e. The molecule has 134 valence electrons. The summed E-state index contributed by atoms with van der Waals surface area (Å²) < 4.78 is 38.7. The van der Waals surface area contributed by atoms with Crippen molar-refractivity contribution in [1.82, 2.24) is 0 Å². The van der Waals surface area contributed by atoms with Crippen LogP contribution in [0.25, 0.3) is 33.0 Å². The minimum Gasteiger partial charge on any atom is -0.166 e. The molecule has 0 aliphatic carbocycles. The minimum absolute atomic E-state index is 0.634. The molecule has 4 aromatic rings. The molecule has 0 nitrogen and oxygen atoms in total. The Morgan fingerprint density at radius 1 is 0.630 bits per heavy atom. The van der Waals surface area contributed by atoms with E-state index in [9.17, 15) is 13.2 Å². The summed E-state index contributed by atoms with van der Waals surface area (Å²) in [6.07, 6.45) is -4.33. The van der Waals surface area contributed by atoms with Gasteiger partial charge in [-0.3, -0.25) is 0 Å². The van der Waals surface area contributed by atoms with Crippen molar-refractivity contribution in [2.45, 2.75) is 13.1 Å². The lowest BCUT2D eigenvalue weighted by Gasteiger charge is -2.13. The fourth-order valence-electron chi connectivity index (χ4n) is 3.30. The van der Waals surface area contributed by atoms with E-state index in [-0.39, 0.29) is 0 Å². The first-order chi connectivity index (χ1) is 12.9. The van der Waals surface area contributed by atoms with E-state index < -0.39 is 11.7 Å². The normalized spacial score (nSPS) is 11.7. The van der Waals surface area contributed by atoms with Crippen molar-refractivity contribution in [3.05, 3.63) is 96.1 Å². The Labute approximate surface area is 155 Å². The summed E-state index contributed by atoms with van der Waals surface area (Å²) in [5.74, 6) is 0. The number of fused-ring (bicyclic) bond motifs is 1. The van der Waals surface area contributed by atoms with Gasteiger partial charge in [0, 0.05) is 0 Å². The van der Waals surface area contributed by atoms with Crippen LogP contribution in [0.15, 0.2) is 84.9 Å². The lowest BCUT2D eigenvalue weighted by Crippen LogP contribution is -2.04. The first-order valence-corrected chi connectivity index (χ1v) is 8.69. The highest BCUT2D eigenvalue weighted by molar-refractivity contribution is 6.00. The number of hydrogen-bond acceptors (Lipinski definition) is 0. The van der Waals surface area contributed by atoms with E-state index in [2.05, 4.69) is 36.4 Å². The lowest BCUT2D eigenvalue weighted by molar-refractivity contribution is -0.137. The molecule has 3 heteroatoms. The highest BCUT2D eigenvalue weighted by Crippen LogP contribution is 2.36. The Balaban J connectivity index is 1.90. The van der Waals surface area contributed by atoms with E-state index in [1.165, 1.54) is 5.56 Å². The molecule has 0 aliphatic rings. The second-order valence-electron chi connectivity index (χ2n) is 6.69. The number of alkyl halides is 3. The quantitative estimate of drug-likeness (QED) is 0.346. The molecule has 0 amide bonds. The van der Waals surface area contributed by atoms with E-state index in [1.54, 1.807) is 12.1 Å². The molecule has 0 aromatic heterocycles. The average molecular weight is 362 g/mol. The van der Waals surface area contributed by atoms with Crippen molar-refractivity contribution < 1.29 is 13.2 Å². The Kier molecular flexibility index (Phi) is 4.23. The van der Waals surface area contributed by atoms with Gasteiger partial charge in [0.15, 0.2) is 0 Å². The molecule has 4 aromatic carbocycles. The van der Waals surface area contributed by atoms with Gasteiger partial charge in [-0.1, -0.05) is 66.2 Å². The van der Waals surface area contributed by atoms with Gasteiger partial charge in [-0.25, -0.2) is 0 Å². The molecular weight excluding hydrogens is 345 g/mol. The number of halogens is 3. The molecule has 0 N–H and O–H groups in total.